The number of aliphatic imine (C=N–C) groups is 1. The molecule has 1 amide bonds. The second-order valence-corrected chi connectivity index (χ2v) is 6.86. The summed E-state index contributed by atoms with van der Waals surface area (Å²) in [6, 6.07) is -0.257. The lowest BCUT2D eigenvalue weighted by molar-refractivity contribution is -0.131. The van der Waals surface area contributed by atoms with Crippen molar-refractivity contribution in [1.29, 1.82) is 0 Å². The van der Waals surface area contributed by atoms with Crippen LogP contribution in [0.2, 0.25) is 0 Å². The van der Waals surface area contributed by atoms with Gasteiger partial charge in [-0.05, 0) is 39.5 Å². The predicted octanol–water partition coefficient (Wildman–Crippen LogP) is 2.25. The maximum Gasteiger partial charge on any atom is 0.247 e. The van der Waals surface area contributed by atoms with E-state index in [1.54, 1.807) is 11.8 Å². The molecule has 2 fully saturated rings. The molecule has 0 aromatic rings. The molecule has 19 heavy (non-hydrogen) atoms. The van der Waals surface area contributed by atoms with Gasteiger partial charge in [0.1, 0.15) is 6.04 Å². The van der Waals surface area contributed by atoms with Gasteiger partial charge in [0.15, 0.2) is 5.17 Å². The zero-order chi connectivity index (χ0) is 13.9. The van der Waals surface area contributed by atoms with Crippen LogP contribution in [0.1, 0.15) is 46.5 Å². The van der Waals surface area contributed by atoms with Crippen molar-refractivity contribution in [2.45, 2.75) is 58.0 Å². The van der Waals surface area contributed by atoms with Crippen LogP contribution in [0.15, 0.2) is 4.99 Å². The molecule has 108 valence electrons. The lowest BCUT2D eigenvalue weighted by Gasteiger charge is -2.35. The highest BCUT2D eigenvalue weighted by molar-refractivity contribution is 8.13. The van der Waals surface area contributed by atoms with Crippen LogP contribution in [0.5, 0.6) is 0 Å². The fourth-order valence-corrected chi connectivity index (χ4v) is 3.79. The summed E-state index contributed by atoms with van der Waals surface area (Å²) in [5, 5.41) is 4.44. The molecule has 0 aliphatic carbocycles. The number of thioether (sulfide) groups is 1. The van der Waals surface area contributed by atoms with Gasteiger partial charge >= 0.3 is 0 Å². The molecule has 2 heterocycles. The lowest BCUT2D eigenvalue weighted by atomic mass is 9.96. The molecular weight excluding hydrogens is 258 g/mol. The zero-order valence-corrected chi connectivity index (χ0v) is 13.1. The van der Waals surface area contributed by atoms with Crippen molar-refractivity contribution < 1.29 is 4.79 Å². The Kier molecular flexibility index (Phi) is 4.76. The summed E-state index contributed by atoms with van der Waals surface area (Å²) in [5.74, 6) is 1.26. The first-order valence-corrected chi connectivity index (χ1v) is 8.30. The van der Waals surface area contributed by atoms with E-state index >= 15 is 0 Å². The second kappa shape index (κ2) is 6.16. The van der Waals surface area contributed by atoms with Crippen molar-refractivity contribution in [3.8, 4) is 0 Å². The molecule has 5 heteroatoms. The van der Waals surface area contributed by atoms with E-state index in [1.165, 1.54) is 0 Å². The molecule has 0 spiro atoms. The fraction of sp³-hybridized carbons (Fsp3) is 0.857. The highest BCUT2D eigenvalue weighted by Crippen LogP contribution is 2.25. The number of hydrogen-bond donors (Lipinski definition) is 1. The van der Waals surface area contributed by atoms with Crippen LogP contribution in [0.25, 0.3) is 0 Å². The molecule has 2 rings (SSSR count). The number of likely N-dealkylation sites (tertiary alicyclic amines) is 1. The van der Waals surface area contributed by atoms with Crippen LogP contribution in [-0.2, 0) is 4.79 Å². The molecule has 2 atom stereocenters. The third-order valence-electron chi connectivity index (χ3n) is 4.17. The first kappa shape index (κ1) is 14.7. The predicted molar refractivity (Wildman–Crippen MR) is 81.6 cm³/mol. The molecule has 0 saturated carbocycles. The Morgan fingerprint density at radius 2 is 2.21 bits per heavy atom. The maximum absolute atomic E-state index is 12.2. The number of rotatable bonds is 3. The first-order valence-electron chi connectivity index (χ1n) is 7.32. The van der Waals surface area contributed by atoms with Crippen LogP contribution in [-0.4, -0.2) is 46.4 Å². The summed E-state index contributed by atoms with van der Waals surface area (Å²) < 4.78 is 0. The number of amidine groups is 1. The molecule has 0 bridgehead atoms. The van der Waals surface area contributed by atoms with Gasteiger partial charge in [0, 0.05) is 24.4 Å². The number of nitrogens with one attached hydrogen (secondary N) is 1. The normalized spacial score (nSPS) is 31.3. The number of carbonyl (C=O) groups is 1. The van der Waals surface area contributed by atoms with Crippen molar-refractivity contribution in [1.82, 2.24) is 10.2 Å². The average molecular weight is 283 g/mol. The minimum absolute atomic E-state index is 0.139. The number of carbonyl (C=O) groups excluding carboxylic acids is 1. The van der Waals surface area contributed by atoms with Crippen molar-refractivity contribution >= 4 is 22.8 Å². The summed E-state index contributed by atoms with van der Waals surface area (Å²) in [7, 11) is 0. The van der Waals surface area contributed by atoms with E-state index < -0.39 is 0 Å². The molecule has 2 aliphatic rings. The van der Waals surface area contributed by atoms with E-state index in [9.17, 15) is 4.79 Å². The molecule has 0 aromatic heterocycles. The van der Waals surface area contributed by atoms with Crippen molar-refractivity contribution in [2.75, 3.05) is 18.8 Å². The van der Waals surface area contributed by atoms with Gasteiger partial charge < -0.3 is 10.2 Å². The van der Waals surface area contributed by atoms with Gasteiger partial charge in [0.25, 0.3) is 0 Å². The maximum atomic E-state index is 12.2. The van der Waals surface area contributed by atoms with Crippen LogP contribution in [0, 0.1) is 0 Å². The third kappa shape index (κ3) is 3.65. The minimum Gasteiger partial charge on any atom is -0.360 e. The van der Waals surface area contributed by atoms with Gasteiger partial charge in [0.05, 0.1) is 0 Å². The smallest absolute Gasteiger partial charge is 0.247 e. The molecule has 1 N–H and O–H groups in total. The highest BCUT2D eigenvalue weighted by atomic mass is 32.2. The van der Waals surface area contributed by atoms with Crippen molar-refractivity contribution in [2.24, 2.45) is 4.99 Å². The number of nitrogens with zero attached hydrogens (tertiary/aromatic N) is 2. The molecule has 2 unspecified atom stereocenters. The molecule has 0 radical (unpaired) electrons. The van der Waals surface area contributed by atoms with Gasteiger partial charge in [-0.25, -0.2) is 4.99 Å². The van der Waals surface area contributed by atoms with Gasteiger partial charge in [-0.15, -0.1) is 0 Å². The second-order valence-electron chi connectivity index (χ2n) is 5.78. The average Bonchev–Trinajstić information content (AvgIpc) is 2.92. The highest BCUT2D eigenvalue weighted by Gasteiger charge is 2.29. The topological polar surface area (TPSA) is 44.7 Å². The zero-order valence-electron chi connectivity index (χ0n) is 12.2. The Balaban J connectivity index is 1.97. The van der Waals surface area contributed by atoms with Crippen molar-refractivity contribution in [3.05, 3.63) is 0 Å². The Morgan fingerprint density at radius 1 is 1.53 bits per heavy atom. The Hall–Kier alpha value is -0.710. The fourth-order valence-electron chi connectivity index (χ4n) is 2.50. The molecular formula is C14H25N3OS. The van der Waals surface area contributed by atoms with Crippen LogP contribution in [0.4, 0.5) is 0 Å². The summed E-state index contributed by atoms with van der Waals surface area (Å²) in [6.07, 6.45) is 4.51. The Bertz CT molecular complexity index is 366. The van der Waals surface area contributed by atoms with Gasteiger partial charge in [-0.3, -0.25) is 4.79 Å². The van der Waals surface area contributed by atoms with Gasteiger partial charge in [-0.2, -0.15) is 0 Å². The SMILES string of the molecule is CCC1(C)CCSC(=NC(C)C(=O)N2CCCC2)N1. The van der Waals surface area contributed by atoms with Gasteiger partial charge in [-0.1, -0.05) is 18.7 Å². The molecule has 0 aromatic carbocycles. The van der Waals surface area contributed by atoms with Crippen molar-refractivity contribution in [3.63, 3.8) is 0 Å². The van der Waals surface area contributed by atoms with Crippen LogP contribution in [0.3, 0.4) is 0 Å². The lowest BCUT2D eigenvalue weighted by Crippen LogP contribution is -2.49. The Morgan fingerprint density at radius 3 is 2.84 bits per heavy atom. The summed E-state index contributed by atoms with van der Waals surface area (Å²) >= 11 is 1.74. The first-order chi connectivity index (χ1) is 9.04. The van der Waals surface area contributed by atoms with E-state index in [0.717, 1.165) is 49.7 Å². The van der Waals surface area contributed by atoms with E-state index in [-0.39, 0.29) is 17.5 Å². The van der Waals surface area contributed by atoms with Gasteiger partial charge in [0.2, 0.25) is 5.91 Å². The van der Waals surface area contributed by atoms with E-state index in [2.05, 4.69) is 24.2 Å². The van der Waals surface area contributed by atoms with E-state index in [1.807, 2.05) is 11.8 Å². The molecule has 4 nitrogen and oxygen atoms in total. The summed E-state index contributed by atoms with van der Waals surface area (Å²) in [5.41, 5.74) is 0.139. The van der Waals surface area contributed by atoms with E-state index in [4.69, 9.17) is 0 Å². The largest absolute Gasteiger partial charge is 0.360 e. The van der Waals surface area contributed by atoms with E-state index in [0.29, 0.717) is 0 Å². The molecule has 2 aliphatic heterocycles. The standard InChI is InChI=1S/C14H25N3OS/c1-4-14(3)7-10-19-13(16-14)15-11(2)12(18)17-8-5-6-9-17/h11H,4-10H2,1-3H3,(H,15,16). The number of hydrogen-bond acceptors (Lipinski definition) is 3. The summed E-state index contributed by atoms with van der Waals surface area (Å²) in [6.45, 7) is 8.14. The van der Waals surface area contributed by atoms with Crippen LogP contribution < -0.4 is 5.32 Å². The monoisotopic (exact) mass is 283 g/mol. The summed E-state index contributed by atoms with van der Waals surface area (Å²) in [4.78, 5) is 18.8. The third-order valence-corrected chi connectivity index (χ3v) is 5.06. The Labute approximate surface area is 120 Å². The minimum atomic E-state index is -0.257. The van der Waals surface area contributed by atoms with Crippen LogP contribution >= 0.6 is 11.8 Å². The number of amides is 1. The quantitative estimate of drug-likeness (QED) is 0.864. The molecule has 2 saturated heterocycles.